The van der Waals surface area contributed by atoms with Crippen molar-refractivity contribution in [3.8, 4) is 0 Å². The number of nitrogens with two attached hydrogens (primary N) is 1. The Kier molecular flexibility index (Phi) is 7.07. The van der Waals surface area contributed by atoms with E-state index in [-0.39, 0.29) is 17.7 Å². The van der Waals surface area contributed by atoms with Gasteiger partial charge in [0, 0.05) is 22.9 Å². The zero-order valence-electron chi connectivity index (χ0n) is 22.1. The lowest BCUT2D eigenvalue weighted by Crippen LogP contribution is -2.34. The molecule has 3 aromatic heterocycles. The fraction of sp³-hybridized carbons (Fsp3) is 0.448. The standard InChI is InChI=1S/C29H36N6O3/c1-4-18(5-2)28(38)34-24-11-8-19-7-6-17(14-21(19)33-24)12-13-29(3)15-20(25(36)26(29)37)22-9-10-23-27(30)31-16-32-35(22)23/h6-11,14,16,18,20,25-26,36-37H,4-5,12-13,15H2,1-3H3,(H2,30,31,32)(H,33,34,38)/t20-,25-,26-,29-/m0/s1. The van der Waals surface area contributed by atoms with Crippen LogP contribution in [-0.2, 0) is 11.2 Å². The van der Waals surface area contributed by atoms with Crippen LogP contribution in [0, 0.1) is 11.3 Å². The Labute approximate surface area is 222 Å². The summed E-state index contributed by atoms with van der Waals surface area (Å²) in [4.78, 5) is 21.2. The topological polar surface area (TPSA) is 139 Å². The second-order valence-electron chi connectivity index (χ2n) is 10.8. The number of anilines is 2. The highest BCUT2D eigenvalue weighted by molar-refractivity contribution is 5.93. The van der Waals surface area contributed by atoms with E-state index in [4.69, 9.17) is 5.73 Å². The van der Waals surface area contributed by atoms with Gasteiger partial charge in [0.15, 0.2) is 5.82 Å². The van der Waals surface area contributed by atoms with Crippen LogP contribution >= 0.6 is 0 Å². The largest absolute Gasteiger partial charge is 0.390 e. The van der Waals surface area contributed by atoms with Gasteiger partial charge < -0.3 is 21.3 Å². The normalized spacial score (nSPS) is 23.5. The van der Waals surface area contributed by atoms with Crippen molar-refractivity contribution in [1.29, 1.82) is 0 Å². The Morgan fingerprint density at radius 1 is 1.18 bits per heavy atom. The first-order chi connectivity index (χ1) is 18.2. The van der Waals surface area contributed by atoms with Crippen molar-refractivity contribution in [2.24, 2.45) is 11.3 Å². The number of rotatable bonds is 8. The van der Waals surface area contributed by atoms with Crippen LogP contribution in [0.4, 0.5) is 11.6 Å². The number of aliphatic hydroxyl groups is 2. The highest BCUT2D eigenvalue weighted by Gasteiger charge is 2.50. The molecule has 3 heterocycles. The number of nitrogens with one attached hydrogen (secondary N) is 1. The van der Waals surface area contributed by atoms with Gasteiger partial charge >= 0.3 is 0 Å². The number of hydrogen-bond donors (Lipinski definition) is 4. The van der Waals surface area contributed by atoms with E-state index in [0.29, 0.717) is 30.0 Å². The molecule has 200 valence electrons. The van der Waals surface area contributed by atoms with Crippen LogP contribution in [0.3, 0.4) is 0 Å². The zero-order chi connectivity index (χ0) is 27.0. The van der Waals surface area contributed by atoms with Gasteiger partial charge in [-0.15, -0.1) is 0 Å². The quantitative estimate of drug-likeness (QED) is 0.277. The summed E-state index contributed by atoms with van der Waals surface area (Å²) in [7, 11) is 0. The van der Waals surface area contributed by atoms with Crippen molar-refractivity contribution >= 4 is 34.0 Å². The molecular weight excluding hydrogens is 480 g/mol. The predicted molar refractivity (Wildman–Crippen MR) is 148 cm³/mol. The van der Waals surface area contributed by atoms with E-state index in [1.807, 2.05) is 57.2 Å². The first-order valence-corrected chi connectivity index (χ1v) is 13.4. The summed E-state index contributed by atoms with van der Waals surface area (Å²) in [6, 6.07) is 13.7. The van der Waals surface area contributed by atoms with Gasteiger partial charge in [-0.1, -0.05) is 32.9 Å². The van der Waals surface area contributed by atoms with Crippen LogP contribution in [0.25, 0.3) is 16.4 Å². The molecule has 1 aliphatic rings. The molecule has 1 fully saturated rings. The molecule has 1 aromatic carbocycles. The molecule has 0 aliphatic heterocycles. The Bertz CT molecular complexity index is 1470. The van der Waals surface area contributed by atoms with Crippen molar-refractivity contribution in [1.82, 2.24) is 19.6 Å². The third-order valence-corrected chi connectivity index (χ3v) is 8.38. The van der Waals surface area contributed by atoms with Gasteiger partial charge in [-0.3, -0.25) is 4.79 Å². The van der Waals surface area contributed by atoms with E-state index in [1.165, 1.54) is 6.33 Å². The molecule has 0 bridgehead atoms. The number of nitrogens with zero attached hydrogens (tertiary/aromatic N) is 4. The number of carbonyl (C=O) groups is 1. The number of benzene rings is 1. The van der Waals surface area contributed by atoms with Gasteiger partial charge in [0.2, 0.25) is 5.91 Å². The van der Waals surface area contributed by atoms with Crippen molar-refractivity contribution in [3.63, 3.8) is 0 Å². The fourth-order valence-corrected chi connectivity index (χ4v) is 5.86. The number of carbonyl (C=O) groups excluding carboxylic acids is 1. The molecule has 5 rings (SSSR count). The van der Waals surface area contributed by atoms with Gasteiger partial charge in [0.25, 0.3) is 0 Å². The van der Waals surface area contributed by atoms with E-state index < -0.39 is 17.6 Å². The molecule has 38 heavy (non-hydrogen) atoms. The van der Waals surface area contributed by atoms with E-state index in [9.17, 15) is 15.0 Å². The minimum absolute atomic E-state index is 0.000763. The van der Waals surface area contributed by atoms with Crippen molar-refractivity contribution in [2.75, 3.05) is 11.1 Å². The van der Waals surface area contributed by atoms with E-state index in [0.717, 1.165) is 41.4 Å². The van der Waals surface area contributed by atoms with Gasteiger partial charge in [-0.25, -0.2) is 14.5 Å². The maximum atomic E-state index is 12.5. The fourth-order valence-electron chi connectivity index (χ4n) is 5.86. The summed E-state index contributed by atoms with van der Waals surface area (Å²) < 4.78 is 1.71. The predicted octanol–water partition coefficient (Wildman–Crippen LogP) is 4.08. The molecule has 5 N–H and O–H groups in total. The van der Waals surface area contributed by atoms with E-state index in [2.05, 4.69) is 26.4 Å². The van der Waals surface area contributed by atoms with Crippen molar-refractivity contribution < 1.29 is 15.0 Å². The second kappa shape index (κ2) is 10.3. The molecule has 4 aromatic rings. The number of amides is 1. The van der Waals surface area contributed by atoms with Gasteiger partial charge in [0.05, 0.1) is 17.7 Å². The Balaban J connectivity index is 1.32. The van der Waals surface area contributed by atoms with Crippen molar-refractivity contribution in [2.45, 2.75) is 71.0 Å². The molecular formula is C29H36N6O3. The SMILES string of the molecule is CCC(CC)C(=O)Nc1ccc2ccc(CC[C@@]3(C)C[C@@H](c4ccc5c(N)ncnn45)[C@H](O)[C@@H]3O)cc2n1. The lowest BCUT2D eigenvalue weighted by molar-refractivity contribution is -0.120. The second-order valence-corrected chi connectivity index (χ2v) is 10.8. The minimum atomic E-state index is -0.909. The zero-order valence-corrected chi connectivity index (χ0v) is 22.1. The molecule has 0 unspecified atom stereocenters. The number of pyridine rings is 1. The smallest absolute Gasteiger partial charge is 0.228 e. The van der Waals surface area contributed by atoms with Crippen LogP contribution in [0.5, 0.6) is 0 Å². The summed E-state index contributed by atoms with van der Waals surface area (Å²) in [5, 5.41) is 30.4. The average Bonchev–Trinajstić information content (AvgIpc) is 3.44. The molecule has 9 nitrogen and oxygen atoms in total. The highest BCUT2D eigenvalue weighted by atomic mass is 16.3. The summed E-state index contributed by atoms with van der Waals surface area (Å²) >= 11 is 0. The van der Waals surface area contributed by atoms with Crippen molar-refractivity contribution in [3.05, 3.63) is 60.0 Å². The first kappa shape index (κ1) is 26.1. The number of aliphatic hydroxyl groups excluding tert-OH is 2. The summed E-state index contributed by atoms with van der Waals surface area (Å²) in [5.41, 5.74) is 8.92. The van der Waals surface area contributed by atoms with E-state index in [1.54, 1.807) is 4.52 Å². The van der Waals surface area contributed by atoms with Gasteiger partial charge in [0.1, 0.15) is 17.7 Å². The van der Waals surface area contributed by atoms with Crippen LogP contribution in [0.1, 0.15) is 63.6 Å². The summed E-state index contributed by atoms with van der Waals surface area (Å²) in [6.45, 7) is 6.06. The van der Waals surface area contributed by atoms with Crippen LogP contribution in [-0.4, -0.2) is 47.9 Å². The van der Waals surface area contributed by atoms with E-state index >= 15 is 0 Å². The molecule has 1 amide bonds. The number of hydrogen-bond acceptors (Lipinski definition) is 7. The van der Waals surface area contributed by atoms with Gasteiger partial charge in [-0.05, 0) is 73.4 Å². The summed E-state index contributed by atoms with van der Waals surface area (Å²) in [5.74, 6) is 0.640. The third kappa shape index (κ3) is 4.72. The number of aryl methyl sites for hydroxylation is 1. The van der Waals surface area contributed by atoms with Crippen LogP contribution < -0.4 is 11.1 Å². The Morgan fingerprint density at radius 2 is 1.95 bits per heavy atom. The third-order valence-electron chi connectivity index (χ3n) is 8.38. The molecule has 4 atom stereocenters. The van der Waals surface area contributed by atoms with Crippen LogP contribution in [0.2, 0.25) is 0 Å². The Morgan fingerprint density at radius 3 is 2.71 bits per heavy atom. The average molecular weight is 517 g/mol. The highest BCUT2D eigenvalue weighted by Crippen LogP contribution is 2.49. The molecule has 9 heteroatoms. The molecule has 1 saturated carbocycles. The monoisotopic (exact) mass is 516 g/mol. The Hall–Kier alpha value is -3.56. The molecule has 0 saturated heterocycles. The first-order valence-electron chi connectivity index (χ1n) is 13.4. The lowest BCUT2D eigenvalue weighted by atomic mass is 9.80. The lowest BCUT2D eigenvalue weighted by Gasteiger charge is -2.28. The molecule has 0 spiro atoms. The number of aromatic nitrogens is 4. The number of fused-ring (bicyclic) bond motifs is 2. The number of nitrogen functional groups attached to an aromatic ring is 1. The van der Waals surface area contributed by atoms with Crippen LogP contribution in [0.15, 0.2) is 48.8 Å². The maximum absolute atomic E-state index is 12.5. The van der Waals surface area contributed by atoms with Gasteiger partial charge in [-0.2, -0.15) is 5.10 Å². The summed E-state index contributed by atoms with van der Waals surface area (Å²) in [6.07, 6.45) is 3.24. The maximum Gasteiger partial charge on any atom is 0.228 e. The minimum Gasteiger partial charge on any atom is -0.390 e. The molecule has 0 radical (unpaired) electrons. The molecule has 1 aliphatic carbocycles.